The zero-order valence-electron chi connectivity index (χ0n) is 12.6. The monoisotopic (exact) mass is 354 g/mol. The van der Waals surface area contributed by atoms with Crippen LogP contribution in [0.15, 0.2) is 22.7 Å². The topological polar surface area (TPSA) is 52.6 Å². The third kappa shape index (κ3) is 4.53. The minimum atomic E-state index is -0.317. The van der Waals surface area contributed by atoms with E-state index in [4.69, 9.17) is 0 Å². The zero-order valence-corrected chi connectivity index (χ0v) is 14.2. The number of aryl methyl sites for hydroxylation is 1. The first-order valence-electron chi connectivity index (χ1n) is 7.41. The van der Waals surface area contributed by atoms with Crippen molar-refractivity contribution in [3.63, 3.8) is 0 Å². The minimum absolute atomic E-state index is 0.0557. The number of rotatable bonds is 4. The molecule has 116 valence electrons. The molecule has 1 aliphatic carbocycles. The molecule has 21 heavy (non-hydrogen) atoms. The highest BCUT2D eigenvalue weighted by atomic mass is 79.9. The minimum Gasteiger partial charge on any atom is -0.391 e. The van der Waals surface area contributed by atoms with Crippen molar-refractivity contribution >= 4 is 27.5 Å². The van der Waals surface area contributed by atoms with Gasteiger partial charge in [0.2, 0.25) is 5.91 Å². The van der Waals surface area contributed by atoms with Gasteiger partial charge in [0, 0.05) is 10.5 Å². The molecule has 0 bridgehead atoms. The van der Waals surface area contributed by atoms with E-state index in [2.05, 4.69) is 21.2 Å². The number of nitrogens with one attached hydrogen (secondary N) is 1. The first kappa shape index (κ1) is 16.5. The van der Waals surface area contributed by atoms with Crippen LogP contribution >= 0.6 is 15.9 Å². The Hall–Kier alpha value is -0.910. The number of carbonyl (C=O) groups is 1. The molecule has 1 aliphatic rings. The van der Waals surface area contributed by atoms with Gasteiger partial charge < -0.3 is 10.4 Å². The number of aliphatic hydroxyl groups excluding tert-OH is 1. The van der Waals surface area contributed by atoms with Gasteiger partial charge in [-0.2, -0.15) is 0 Å². The van der Waals surface area contributed by atoms with Crippen LogP contribution in [-0.2, 0) is 4.79 Å². The van der Waals surface area contributed by atoms with E-state index < -0.39 is 0 Å². The molecule has 1 saturated carbocycles. The molecular weight excluding hydrogens is 332 g/mol. The predicted octanol–water partition coefficient (Wildman–Crippen LogP) is 2.93. The Morgan fingerprint density at radius 2 is 2.14 bits per heavy atom. The van der Waals surface area contributed by atoms with E-state index in [1.807, 2.05) is 37.1 Å². The van der Waals surface area contributed by atoms with Crippen molar-refractivity contribution < 1.29 is 9.90 Å². The van der Waals surface area contributed by atoms with Crippen molar-refractivity contribution in [1.82, 2.24) is 4.90 Å². The maximum atomic E-state index is 12.2. The molecule has 1 aromatic rings. The van der Waals surface area contributed by atoms with Gasteiger partial charge in [0.25, 0.3) is 0 Å². The van der Waals surface area contributed by atoms with Gasteiger partial charge in [-0.15, -0.1) is 0 Å². The van der Waals surface area contributed by atoms with Crippen molar-refractivity contribution in [2.45, 2.75) is 44.8 Å². The summed E-state index contributed by atoms with van der Waals surface area (Å²) in [5, 5.41) is 12.9. The number of likely N-dealkylation sites (N-methyl/N-ethyl adjacent to an activating group) is 1. The van der Waals surface area contributed by atoms with Crippen molar-refractivity contribution in [3.05, 3.63) is 28.2 Å². The molecule has 0 saturated heterocycles. The van der Waals surface area contributed by atoms with E-state index in [9.17, 15) is 9.90 Å². The Bertz CT molecular complexity index is 507. The fraction of sp³-hybridized carbons (Fsp3) is 0.562. The fourth-order valence-electron chi connectivity index (χ4n) is 2.86. The van der Waals surface area contributed by atoms with Crippen LogP contribution in [0.4, 0.5) is 5.69 Å². The lowest BCUT2D eigenvalue weighted by Crippen LogP contribution is -2.46. The van der Waals surface area contributed by atoms with Gasteiger partial charge >= 0.3 is 0 Å². The van der Waals surface area contributed by atoms with E-state index in [-0.39, 0.29) is 18.1 Å². The van der Waals surface area contributed by atoms with Crippen molar-refractivity contribution in [1.29, 1.82) is 0 Å². The van der Waals surface area contributed by atoms with Crippen LogP contribution in [0, 0.1) is 6.92 Å². The van der Waals surface area contributed by atoms with Gasteiger partial charge in [-0.3, -0.25) is 9.69 Å². The number of hydrogen-bond acceptors (Lipinski definition) is 3. The molecule has 1 aromatic carbocycles. The molecule has 0 spiro atoms. The highest BCUT2D eigenvalue weighted by molar-refractivity contribution is 9.10. The third-order valence-corrected chi connectivity index (χ3v) is 4.71. The van der Waals surface area contributed by atoms with E-state index in [1.165, 1.54) is 0 Å². The highest BCUT2D eigenvalue weighted by Gasteiger charge is 2.27. The summed E-state index contributed by atoms with van der Waals surface area (Å²) in [7, 11) is 1.91. The van der Waals surface area contributed by atoms with Gasteiger partial charge in [-0.1, -0.05) is 18.9 Å². The molecule has 0 aromatic heterocycles. The predicted molar refractivity (Wildman–Crippen MR) is 88.4 cm³/mol. The highest BCUT2D eigenvalue weighted by Crippen LogP contribution is 2.24. The summed E-state index contributed by atoms with van der Waals surface area (Å²) in [5.41, 5.74) is 1.92. The van der Waals surface area contributed by atoms with Gasteiger partial charge in [-0.25, -0.2) is 0 Å². The quantitative estimate of drug-likeness (QED) is 0.873. The average molecular weight is 355 g/mol. The molecule has 4 nitrogen and oxygen atoms in total. The Labute approximate surface area is 134 Å². The van der Waals surface area contributed by atoms with Crippen molar-refractivity contribution in [2.24, 2.45) is 0 Å². The van der Waals surface area contributed by atoms with Crippen LogP contribution in [0.1, 0.15) is 31.2 Å². The van der Waals surface area contributed by atoms with Gasteiger partial charge in [-0.05, 0) is 60.4 Å². The second-order valence-electron chi connectivity index (χ2n) is 5.87. The summed E-state index contributed by atoms with van der Waals surface area (Å²) in [6.45, 7) is 2.30. The molecule has 0 radical (unpaired) electrons. The number of carbonyl (C=O) groups excluding carboxylic acids is 1. The van der Waals surface area contributed by atoms with Crippen LogP contribution in [0.3, 0.4) is 0 Å². The van der Waals surface area contributed by atoms with E-state index in [0.29, 0.717) is 6.54 Å². The Morgan fingerprint density at radius 1 is 1.43 bits per heavy atom. The second-order valence-corrected chi connectivity index (χ2v) is 6.72. The summed E-state index contributed by atoms with van der Waals surface area (Å²) in [6.07, 6.45) is 3.67. The largest absolute Gasteiger partial charge is 0.391 e. The molecule has 2 unspecified atom stereocenters. The molecule has 1 fully saturated rings. The second kappa shape index (κ2) is 7.38. The van der Waals surface area contributed by atoms with E-state index >= 15 is 0 Å². The third-order valence-electron chi connectivity index (χ3n) is 4.05. The average Bonchev–Trinajstić information content (AvgIpc) is 2.42. The van der Waals surface area contributed by atoms with Crippen LogP contribution in [0.2, 0.25) is 0 Å². The van der Waals surface area contributed by atoms with Gasteiger partial charge in [0.1, 0.15) is 0 Å². The number of nitrogens with zero attached hydrogens (tertiary/aromatic N) is 1. The maximum absolute atomic E-state index is 12.2. The van der Waals surface area contributed by atoms with E-state index in [1.54, 1.807) is 0 Å². The lowest BCUT2D eigenvalue weighted by molar-refractivity contribution is -0.118. The Morgan fingerprint density at radius 3 is 2.81 bits per heavy atom. The summed E-state index contributed by atoms with van der Waals surface area (Å²) in [5.74, 6) is -0.0557. The first-order valence-corrected chi connectivity index (χ1v) is 8.21. The summed E-state index contributed by atoms with van der Waals surface area (Å²) < 4.78 is 0.885. The molecule has 5 heteroatoms. The molecular formula is C16H23BrN2O2. The van der Waals surface area contributed by atoms with Crippen LogP contribution in [-0.4, -0.2) is 41.7 Å². The number of aliphatic hydroxyl groups is 1. The normalized spacial score (nSPS) is 22.3. The number of benzene rings is 1. The Balaban J connectivity index is 1.91. The van der Waals surface area contributed by atoms with Crippen molar-refractivity contribution in [2.75, 3.05) is 18.9 Å². The molecule has 0 heterocycles. The van der Waals surface area contributed by atoms with Crippen LogP contribution in [0.5, 0.6) is 0 Å². The maximum Gasteiger partial charge on any atom is 0.238 e. The van der Waals surface area contributed by atoms with Gasteiger partial charge in [0.15, 0.2) is 0 Å². The molecule has 2 rings (SSSR count). The standard InChI is InChI=1S/C16H23BrN2O2/c1-11-7-8-13(12(17)9-11)18-16(21)10-19(2)14-5-3-4-6-15(14)20/h7-9,14-15,20H,3-6,10H2,1-2H3,(H,18,21). The Kier molecular flexibility index (Phi) is 5.79. The van der Waals surface area contributed by atoms with Crippen molar-refractivity contribution in [3.8, 4) is 0 Å². The number of hydrogen-bond donors (Lipinski definition) is 2. The number of amides is 1. The van der Waals surface area contributed by atoms with E-state index in [0.717, 1.165) is 41.4 Å². The van der Waals surface area contributed by atoms with Crippen LogP contribution < -0.4 is 5.32 Å². The lowest BCUT2D eigenvalue weighted by Gasteiger charge is -2.34. The first-order chi connectivity index (χ1) is 9.97. The molecule has 2 N–H and O–H groups in total. The summed E-state index contributed by atoms with van der Waals surface area (Å²) in [6, 6.07) is 5.93. The summed E-state index contributed by atoms with van der Waals surface area (Å²) >= 11 is 3.46. The van der Waals surface area contributed by atoms with Gasteiger partial charge in [0.05, 0.1) is 18.3 Å². The zero-order chi connectivity index (χ0) is 15.4. The fourth-order valence-corrected chi connectivity index (χ4v) is 3.45. The smallest absolute Gasteiger partial charge is 0.238 e. The molecule has 1 amide bonds. The van der Waals surface area contributed by atoms with Crippen LogP contribution in [0.25, 0.3) is 0 Å². The summed E-state index contributed by atoms with van der Waals surface area (Å²) in [4.78, 5) is 14.1. The number of anilines is 1. The lowest BCUT2D eigenvalue weighted by atomic mass is 9.91. The molecule has 0 aliphatic heterocycles. The SMILES string of the molecule is Cc1ccc(NC(=O)CN(C)C2CCCCC2O)c(Br)c1. The molecule has 2 atom stereocenters. The number of halogens is 1.